The molecule has 0 bridgehead atoms. The number of hydrogen-bond donors (Lipinski definition) is 5. The number of nitrogens with one attached hydrogen (secondary N) is 1. The summed E-state index contributed by atoms with van der Waals surface area (Å²) in [6, 6.07) is 0. The third-order valence-electron chi connectivity index (χ3n) is 5.68. The van der Waals surface area contributed by atoms with Crippen LogP contribution in [0.5, 0.6) is 0 Å². The molecule has 0 aromatic carbocycles. The molecule has 0 aliphatic carbocycles. The molecule has 2 aromatic rings. The summed E-state index contributed by atoms with van der Waals surface area (Å²) < 4.78 is 0. The number of nitrogens with two attached hydrogens (primary N) is 4. The zero-order valence-corrected chi connectivity index (χ0v) is 20.4. The Labute approximate surface area is 209 Å². The van der Waals surface area contributed by atoms with E-state index in [4.69, 9.17) is 22.9 Å². The molecule has 36 heavy (non-hydrogen) atoms. The molecule has 5 rings (SSSR count). The van der Waals surface area contributed by atoms with Crippen LogP contribution in [0.1, 0.15) is 57.8 Å². The third-order valence-corrected chi connectivity index (χ3v) is 5.68. The minimum atomic E-state index is -0.138. The fourth-order valence-corrected chi connectivity index (χ4v) is 3.96. The summed E-state index contributed by atoms with van der Waals surface area (Å²) in [6.07, 6.45) is 8.95. The molecule has 2 amide bonds. The lowest BCUT2D eigenvalue weighted by molar-refractivity contribution is -0.132. The van der Waals surface area contributed by atoms with Gasteiger partial charge in [0, 0.05) is 39.0 Å². The number of aromatic nitrogens is 6. The number of anilines is 6. The molecule has 3 aliphatic rings. The molecule has 15 nitrogen and oxygen atoms in total. The van der Waals surface area contributed by atoms with Crippen molar-refractivity contribution in [2.45, 2.75) is 57.8 Å². The summed E-state index contributed by atoms with van der Waals surface area (Å²) in [5.41, 5.74) is 22.0. The topological polar surface area (TPSA) is 234 Å². The van der Waals surface area contributed by atoms with Gasteiger partial charge in [0.2, 0.25) is 47.5 Å². The molecule has 3 fully saturated rings. The molecule has 2 aromatic heterocycles. The second-order valence-corrected chi connectivity index (χ2v) is 8.62. The first-order valence-corrected chi connectivity index (χ1v) is 12.2. The van der Waals surface area contributed by atoms with Gasteiger partial charge in [-0.05, 0) is 44.9 Å². The monoisotopic (exact) mass is 501 g/mol. The quantitative estimate of drug-likeness (QED) is 0.337. The SMILES string of the molecule is Nc1nc(N)nc(N2CCCCC2)n1.Nc1nc(N)nc(N2CCCCC2)n1.O=C1CCCC(=O)N1. The molecule has 0 unspecified atom stereocenters. The van der Waals surface area contributed by atoms with Crippen molar-refractivity contribution in [2.75, 3.05) is 58.9 Å². The van der Waals surface area contributed by atoms with E-state index in [9.17, 15) is 9.59 Å². The standard InChI is InChI=1S/2C8H14N6.C5H7NO2/c2*9-6-11-7(10)13-8(12-6)14-4-2-1-3-5-14;7-4-2-1-3-5(8)6-4/h2*1-5H2,(H4,9,10,11,12,13);1-3H2,(H,6,7,8). The maximum atomic E-state index is 10.3. The molecule has 0 saturated carbocycles. The van der Waals surface area contributed by atoms with Crippen molar-refractivity contribution in [1.29, 1.82) is 0 Å². The number of amides is 2. The van der Waals surface area contributed by atoms with E-state index in [2.05, 4.69) is 45.0 Å². The second-order valence-electron chi connectivity index (χ2n) is 8.62. The molecule has 15 heteroatoms. The summed E-state index contributed by atoms with van der Waals surface area (Å²) >= 11 is 0. The smallest absolute Gasteiger partial charge is 0.231 e. The van der Waals surface area contributed by atoms with Gasteiger partial charge in [-0.2, -0.15) is 29.9 Å². The van der Waals surface area contributed by atoms with Crippen LogP contribution >= 0.6 is 0 Å². The minimum absolute atomic E-state index is 0.138. The van der Waals surface area contributed by atoms with Crippen LogP contribution in [0.3, 0.4) is 0 Å². The zero-order valence-electron chi connectivity index (χ0n) is 20.4. The minimum Gasteiger partial charge on any atom is -0.368 e. The van der Waals surface area contributed by atoms with Crippen LogP contribution in [0.25, 0.3) is 0 Å². The van der Waals surface area contributed by atoms with Gasteiger partial charge in [-0.25, -0.2) is 0 Å². The summed E-state index contributed by atoms with van der Waals surface area (Å²) in [5.74, 6) is 1.71. The number of imide groups is 1. The van der Waals surface area contributed by atoms with E-state index >= 15 is 0 Å². The number of nitrogens with zero attached hydrogens (tertiary/aromatic N) is 8. The molecule has 0 spiro atoms. The number of carbonyl (C=O) groups excluding carboxylic acids is 2. The molecular weight excluding hydrogens is 466 g/mol. The fourth-order valence-electron chi connectivity index (χ4n) is 3.96. The lowest BCUT2D eigenvalue weighted by atomic mass is 10.1. The summed E-state index contributed by atoms with van der Waals surface area (Å²) in [6.45, 7) is 3.90. The van der Waals surface area contributed by atoms with Crippen LogP contribution in [0.2, 0.25) is 0 Å². The van der Waals surface area contributed by atoms with E-state index in [0.29, 0.717) is 31.2 Å². The van der Waals surface area contributed by atoms with Crippen molar-refractivity contribution in [3.63, 3.8) is 0 Å². The second kappa shape index (κ2) is 13.2. The summed E-state index contributed by atoms with van der Waals surface area (Å²) in [5, 5.41) is 2.20. The predicted molar refractivity (Wildman–Crippen MR) is 136 cm³/mol. The largest absolute Gasteiger partial charge is 0.368 e. The molecule has 9 N–H and O–H groups in total. The Balaban J connectivity index is 0.000000157. The van der Waals surface area contributed by atoms with Crippen molar-refractivity contribution in [3.8, 4) is 0 Å². The first-order chi connectivity index (χ1) is 17.3. The molecule has 5 heterocycles. The van der Waals surface area contributed by atoms with Gasteiger partial charge in [-0.1, -0.05) is 0 Å². The van der Waals surface area contributed by atoms with Gasteiger partial charge in [0.25, 0.3) is 0 Å². The van der Waals surface area contributed by atoms with Crippen molar-refractivity contribution < 1.29 is 9.59 Å². The zero-order chi connectivity index (χ0) is 25.9. The van der Waals surface area contributed by atoms with Gasteiger partial charge in [0.1, 0.15) is 0 Å². The summed E-state index contributed by atoms with van der Waals surface area (Å²) in [7, 11) is 0. The van der Waals surface area contributed by atoms with E-state index in [1.807, 2.05) is 0 Å². The van der Waals surface area contributed by atoms with Crippen LogP contribution in [0.15, 0.2) is 0 Å². The van der Waals surface area contributed by atoms with Crippen molar-refractivity contribution in [1.82, 2.24) is 35.2 Å². The van der Waals surface area contributed by atoms with E-state index in [0.717, 1.165) is 26.2 Å². The normalized spacial score (nSPS) is 17.8. The lowest BCUT2D eigenvalue weighted by Crippen LogP contribution is -2.33. The first kappa shape index (κ1) is 26.6. The highest BCUT2D eigenvalue weighted by Gasteiger charge is 2.16. The Morgan fingerprint density at radius 1 is 0.500 bits per heavy atom. The van der Waals surface area contributed by atoms with Gasteiger partial charge in [-0.15, -0.1) is 0 Å². The van der Waals surface area contributed by atoms with Crippen molar-refractivity contribution in [2.24, 2.45) is 0 Å². The number of piperidine rings is 3. The maximum absolute atomic E-state index is 10.3. The van der Waals surface area contributed by atoms with Crippen LogP contribution < -0.4 is 38.1 Å². The number of hydrogen-bond acceptors (Lipinski definition) is 14. The molecular formula is C21H35N13O2. The Hall–Kier alpha value is -4.04. The Morgan fingerprint density at radius 3 is 1.11 bits per heavy atom. The third kappa shape index (κ3) is 8.63. The number of nitrogen functional groups attached to an aromatic ring is 4. The molecule has 3 aliphatic heterocycles. The highest BCUT2D eigenvalue weighted by Crippen LogP contribution is 2.17. The van der Waals surface area contributed by atoms with Gasteiger partial charge in [0.05, 0.1) is 0 Å². The van der Waals surface area contributed by atoms with Gasteiger partial charge in [-0.3, -0.25) is 14.9 Å². The van der Waals surface area contributed by atoms with Gasteiger partial charge >= 0.3 is 0 Å². The highest BCUT2D eigenvalue weighted by molar-refractivity contribution is 5.97. The van der Waals surface area contributed by atoms with E-state index < -0.39 is 0 Å². The van der Waals surface area contributed by atoms with Crippen LogP contribution in [0.4, 0.5) is 35.7 Å². The number of carbonyl (C=O) groups is 2. The predicted octanol–water partition coefficient (Wildman–Crippen LogP) is -0.134. The Bertz CT molecular complexity index is 903. The molecule has 3 saturated heterocycles. The number of rotatable bonds is 2. The average molecular weight is 502 g/mol. The molecule has 0 radical (unpaired) electrons. The Morgan fingerprint density at radius 2 is 0.833 bits per heavy atom. The summed E-state index contributed by atoms with van der Waals surface area (Å²) in [4.78, 5) is 48.6. The average Bonchev–Trinajstić information content (AvgIpc) is 2.85. The van der Waals surface area contributed by atoms with E-state index in [1.54, 1.807) is 0 Å². The van der Waals surface area contributed by atoms with Gasteiger partial charge < -0.3 is 32.7 Å². The lowest BCUT2D eigenvalue weighted by Gasteiger charge is -2.26. The van der Waals surface area contributed by atoms with E-state index in [1.165, 1.54) is 38.5 Å². The molecule has 196 valence electrons. The maximum Gasteiger partial charge on any atom is 0.231 e. The highest BCUT2D eigenvalue weighted by atomic mass is 16.2. The van der Waals surface area contributed by atoms with Crippen LogP contribution in [-0.2, 0) is 9.59 Å². The van der Waals surface area contributed by atoms with Crippen LogP contribution in [0, 0.1) is 0 Å². The van der Waals surface area contributed by atoms with Crippen molar-refractivity contribution in [3.05, 3.63) is 0 Å². The first-order valence-electron chi connectivity index (χ1n) is 12.2. The van der Waals surface area contributed by atoms with Gasteiger partial charge in [0.15, 0.2) is 0 Å². The van der Waals surface area contributed by atoms with E-state index in [-0.39, 0.29) is 35.6 Å². The fraction of sp³-hybridized carbons (Fsp3) is 0.619. The van der Waals surface area contributed by atoms with Crippen molar-refractivity contribution >= 4 is 47.5 Å². The Kier molecular flexibility index (Phi) is 9.71. The molecule has 0 atom stereocenters. The van der Waals surface area contributed by atoms with Crippen LogP contribution in [-0.4, -0.2) is 67.9 Å².